The van der Waals surface area contributed by atoms with E-state index < -0.39 is 0 Å². The predicted molar refractivity (Wildman–Crippen MR) is 82.7 cm³/mol. The highest BCUT2D eigenvalue weighted by Crippen LogP contribution is 2.21. The van der Waals surface area contributed by atoms with Crippen LogP contribution in [0, 0.1) is 0 Å². The Bertz CT molecular complexity index is 667. The van der Waals surface area contributed by atoms with Crippen LogP contribution in [0.1, 0.15) is 19.8 Å². The van der Waals surface area contributed by atoms with Crippen LogP contribution in [-0.4, -0.2) is 28.2 Å². The van der Waals surface area contributed by atoms with Gasteiger partial charge in [0, 0.05) is 37.5 Å². The third-order valence-corrected chi connectivity index (χ3v) is 3.11. The average Bonchev–Trinajstić information content (AvgIpc) is 2.50. The number of aryl methyl sites for hydroxylation is 1. The van der Waals surface area contributed by atoms with Crippen LogP contribution in [0.2, 0.25) is 0 Å². The van der Waals surface area contributed by atoms with Gasteiger partial charge >= 0.3 is 6.01 Å². The number of hydrogen-bond acceptors (Lipinski definition) is 5. The van der Waals surface area contributed by atoms with Crippen molar-refractivity contribution in [1.82, 2.24) is 14.5 Å². The Kier molecular flexibility index (Phi) is 4.92. The van der Waals surface area contributed by atoms with Crippen molar-refractivity contribution in [2.75, 3.05) is 19.0 Å². The van der Waals surface area contributed by atoms with Gasteiger partial charge in [-0.1, -0.05) is 13.3 Å². The molecule has 0 spiro atoms. The lowest BCUT2D eigenvalue weighted by Gasteiger charge is -2.09. The molecule has 0 unspecified atom stereocenters. The molecule has 0 aliphatic carbocycles. The summed E-state index contributed by atoms with van der Waals surface area (Å²) in [4.78, 5) is 20.1. The Labute approximate surface area is 123 Å². The molecule has 6 heteroatoms. The molecular formula is C15H20N4O2. The number of hydrogen-bond donors (Lipinski definition) is 1. The summed E-state index contributed by atoms with van der Waals surface area (Å²) < 4.78 is 6.67. The summed E-state index contributed by atoms with van der Waals surface area (Å²) in [6, 6.07) is 5.44. The number of rotatable bonds is 6. The fourth-order valence-electron chi connectivity index (χ4n) is 1.89. The number of unbranched alkanes of at least 4 members (excludes halogenated alkanes) is 1. The molecule has 0 saturated heterocycles. The molecule has 0 bridgehead atoms. The number of methoxy groups -OCH3 is 1. The van der Waals surface area contributed by atoms with Gasteiger partial charge in [0.25, 0.3) is 0 Å². The van der Waals surface area contributed by atoms with Crippen LogP contribution in [0.3, 0.4) is 0 Å². The number of anilines is 1. The van der Waals surface area contributed by atoms with Crippen LogP contribution in [0.4, 0.5) is 5.82 Å². The lowest BCUT2D eigenvalue weighted by molar-refractivity contribution is 0.381. The summed E-state index contributed by atoms with van der Waals surface area (Å²) in [5.74, 6) is 0.721. The van der Waals surface area contributed by atoms with Crippen LogP contribution >= 0.6 is 0 Å². The van der Waals surface area contributed by atoms with Crippen LogP contribution in [-0.2, 0) is 7.05 Å². The first kappa shape index (κ1) is 15.0. The van der Waals surface area contributed by atoms with Crippen molar-refractivity contribution in [1.29, 1.82) is 0 Å². The van der Waals surface area contributed by atoms with Crippen molar-refractivity contribution >= 4 is 5.82 Å². The quantitative estimate of drug-likeness (QED) is 0.824. The summed E-state index contributed by atoms with van der Waals surface area (Å²) in [7, 11) is 3.25. The van der Waals surface area contributed by atoms with Gasteiger partial charge in [0.15, 0.2) is 0 Å². The van der Waals surface area contributed by atoms with E-state index in [9.17, 15) is 4.79 Å². The Morgan fingerprint density at radius 2 is 2.14 bits per heavy atom. The predicted octanol–water partition coefficient (Wildman–Crippen LogP) is 2.06. The minimum Gasteiger partial charge on any atom is -0.467 e. The van der Waals surface area contributed by atoms with Crippen molar-refractivity contribution in [3.8, 4) is 17.3 Å². The monoisotopic (exact) mass is 288 g/mol. The molecule has 112 valence electrons. The molecule has 2 aromatic rings. The second kappa shape index (κ2) is 6.88. The minimum atomic E-state index is -0.0546. The molecule has 6 nitrogen and oxygen atoms in total. The molecule has 1 N–H and O–H groups in total. The van der Waals surface area contributed by atoms with Gasteiger partial charge in [0.2, 0.25) is 5.56 Å². The number of nitrogens with one attached hydrogen (secondary N) is 1. The summed E-state index contributed by atoms with van der Waals surface area (Å²) in [5, 5.41) is 3.26. The standard InChI is InChI=1S/C15H20N4O2/c1-4-5-8-16-13-9-12(17-15(18-13)21-3)11-6-7-14(20)19(2)10-11/h6-7,9-10H,4-5,8H2,1-3H3,(H,16,17,18). The molecule has 2 aromatic heterocycles. The van der Waals surface area contributed by atoms with Gasteiger partial charge < -0.3 is 14.6 Å². The van der Waals surface area contributed by atoms with E-state index in [2.05, 4.69) is 22.2 Å². The molecule has 21 heavy (non-hydrogen) atoms. The fourth-order valence-corrected chi connectivity index (χ4v) is 1.89. The fraction of sp³-hybridized carbons (Fsp3) is 0.400. The second-order valence-corrected chi connectivity index (χ2v) is 4.77. The summed E-state index contributed by atoms with van der Waals surface area (Å²) in [6.07, 6.45) is 3.93. The normalized spacial score (nSPS) is 10.4. The number of ether oxygens (including phenoxy) is 1. The summed E-state index contributed by atoms with van der Waals surface area (Å²) in [5.41, 5.74) is 1.51. The Hall–Kier alpha value is -2.37. The van der Waals surface area contributed by atoms with Crippen molar-refractivity contribution in [2.24, 2.45) is 7.05 Å². The molecule has 0 aromatic carbocycles. The van der Waals surface area contributed by atoms with E-state index in [1.165, 1.54) is 17.7 Å². The molecule has 0 fully saturated rings. The van der Waals surface area contributed by atoms with Gasteiger partial charge in [0.1, 0.15) is 5.82 Å². The van der Waals surface area contributed by atoms with Gasteiger partial charge in [-0.15, -0.1) is 0 Å². The van der Waals surface area contributed by atoms with Crippen LogP contribution in [0.5, 0.6) is 6.01 Å². The van der Waals surface area contributed by atoms with E-state index in [0.717, 1.165) is 36.5 Å². The molecular weight excluding hydrogens is 268 g/mol. The SMILES string of the molecule is CCCCNc1cc(-c2ccc(=O)n(C)c2)nc(OC)n1. The zero-order chi connectivity index (χ0) is 15.2. The Morgan fingerprint density at radius 1 is 1.33 bits per heavy atom. The van der Waals surface area contributed by atoms with Crippen molar-refractivity contribution in [3.05, 3.63) is 34.7 Å². The molecule has 0 saturated carbocycles. The molecule has 0 amide bonds. The van der Waals surface area contributed by atoms with Gasteiger partial charge in [-0.3, -0.25) is 4.79 Å². The molecule has 0 aliphatic rings. The highest BCUT2D eigenvalue weighted by Gasteiger charge is 2.07. The van der Waals surface area contributed by atoms with Crippen LogP contribution in [0.25, 0.3) is 11.3 Å². The summed E-state index contributed by atoms with van der Waals surface area (Å²) >= 11 is 0. The molecule has 2 rings (SSSR count). The van der Waals surface area contributed by atoms with Crippen molar-refractivity contribution in [3.63, 3.8) is 0 Å². The average molecular weight is 288 g/mol. The molecule has 0 radical (unpaired) electrons. The Morgan fingerprint density at radius 3 is 2.81 bits per heavy atom. The van der Waals surface area contributed by atoms with Crippen LogP contribution < -0.4 is 15.6 Å². The number of nitrogens with zero attached hydrogens (tertiary/aromatic N) is 3. The lowest BCUT2D eigenvalue weighted by Crippen LogP contribution is -2.14. The maximum atomic E-state index is 11.5. The third-order valence-electron chi connectivity index (χ3n) is 3.11. The maximum Gasteiger partial charge on any atom is 0.318 e. The molecule has 0 atom stereocenters. The van der Waals surface area contributed by atoms with E-state index in [4.69, 9.17) is 4.74 Å². The first-order valence-electron chi connectivity index (χ1n) is 6.98. The first-order valence-corrected chi connectivity index (χ1v) is 6.98. The number of pyridine rings is 1. The van der Waals surface area contributed by atoms with Gasteiger partial charge in [0.05, 0.1) is 12.8 Å². The maximum absolute atomic E-state index is 11.5. The third kappa shape index (κ3) is 3.81. The van der Waals surface area contributed by atoms with Gasteiger partial charge in [-0.2, -0.15) is 9.97 Å². The first-order chi connectivity index (χ1) is 10.1. The van der Waals surface area contributed by atoms with Crippen molar-refractivity contribution in [2.45, 2.75) is 19.8 Å². The minimum absolute atomic E-state index is 0.0546. The Balaban J connectivity index is 2.35. The highest BCUT2D eigenvalue weighted by atomic mass is 16.5. The van der Waals surface area contributed by atoms with Crippen LogP contribution in [0.15, 0.2) is 29.2 Å². The van der Waals surface area contributed by atoms with Gasteiger partial charge in [-0.25, -0.2) is 0 Å². The lowest BCUT2D eigenvalue weighted by atomic mass is 10.2. The zero-order valence-electron chi connectivity index (χ0n) is 12.6. The van der Waals surface area contributed by atoms with Gasteiger partial charge in [-0.05, 0) is 12.5 Å². The van der Waals surface area contributed by atoms with Crippen molar-refractivity contribution < 1.29 is 4.74 Å². The smallest absolute Gasteiger partial charge is 0.318 e. The van der Waals surface area contributed by atoms with E-state index in [1.807, 2.05) is 6.07 Å². The molecule has 0 aliphatic heterocycles. The topological polar surface area (TPSA) is 69.0 Å². The summed E-state index contributed by atoms with van der Waals surface area (Å²) in [6.45, 7) is 2.99. The number of aromatic nitrogens is 3. The van der Waals surface area contributed by atoms with E-state index >= 15 is 0 Å². The highest BCUT2D eigenvalue weighted by molar-refractivity contribution is 5.62. The largest absolute Gasteiger partial charge is 0.467 e. The van der Waals surface area contributed by atoms with E-state index in [-0.39, 0.29) is 5.56 Å². The zero-order valence-corrected chi connectivity index (χ0v) is 12.6. The molecule has 2 heterocycles. The van der Waals surface area contributed by atoms with E-state index in [0.29, 0.717) is 6.01 Å². The van der Waals surface area contributed by atoms with E-state index in [1.54, 1.807) is 19.3 Å². The second-order valence-electron chi connectivity index (χ2n) is 4.77.